The van der Waals surface area contributed by atoms with E-state index >= 15 is 0 Å². The Morgan fingerprint density at radius 1 is 1.39 bits per heavy atom. The van der Waals surface area contributed by atoms with Gasteiger partial charge >= 0.3 is 5.97 Å². The second-order valence-corrected chi connectivity index (χ2v) is 7.67. The molecule has 0 aliphatic carbocycles. The van der Waals surface area contributed by atoms with Crippen LogP contribution in [0.15, 0.2) is 6.07 Å². The van der Waals surface area contributed by atoms with Crippen molar-refractivity contribution in [3.05, 3.63) is 22.3 Å². The van der Waals surface area contributed by atoms with Gasteiger partial charge in [0.25, 0.3) is 0 Å². The molecule has 0 heterocycles. The third-order valence-electron chi connectivity index (χ3n) is 2.68. The minimum atomic E-state index is -1.20. The molecule has 1 aromatic carbocycles. The van der Waals surface area contributed by atoms with E-state index < -0.39 is 11.5 Å². The average molecular weight is 586 g/mol. The number of benzene rings is 1. The van der Waals surface area contributed by atoms with E-state index in [0.717, 1.165) is 22.0 Å². The number of rotatable bonds is 4. The standard InChI is InChI=1S/C11H13I3N2O2/c1-11(16,10(17)18)3-2-5-6(12)4-7(13)9(15)8(5)14/h4H,2-3,15-16H2,1H3,(H,17,18)/t11-/m0/s1. The number of aliphatic carboxylic acids is 1. The van der Waals surface area contributed by atoms with Crippen molar-refractivity contribution in [2.75, 3.05) is 5.73 Å². The largest absolute Gasteiger partial charge is 0.480 e. The van der Waals surface area contributed by atoms with Gasteiger partial charge in [0.05, 0.1) is 5.69 Å². The lowest BCUT2D eigenvalue weighted by atomic mass is 9.94. The molecule has 0 radical (unpaired) electrons. The Balaban J connectivity index is 3.00. The van der Waals surface area contributed by atoms with E-state index in [1.165, 1.54) is 6.92 Å². The van der Waals surface area contributed by atoms with Crippen LogP contribution in [0.3, 0.4) is 0 Å². The smallest absolute Gasteiger partial charge is 0.323 e. The zero-order chi connectivity index (χ0) is 14.1. The summed E-state index contributed by atoms with van der Waals surface area (Å²) in [7, 11) is 0. The Morgan fingerprint density at radius 2 is 1.94 bits per heavy atom. The highest BCUT2D eigenvalue weighted by molar-refractivity contribution is 14.1. The van der Waals surface area contributed by atoms with Crippen LogP contribution in [0.2, 0.25) is 0 Å². The highest BCUT2D eigenvalue weighted by Crippen LogP contribution is 2.31. The van der Waals surface area contributed by atoms with Crippen molar-refractivity contribution in [3.63, 3.8) is 0 Å². The van der Waals surface area contributed by atoms with Gasteiger partial charge in [-0.3, -0.25) is 4.79 Å². The van der Waals surface area contributed by atoms with Crippen LogP contribution in [-0.2, 0) is 11.2 Å². The fourth-order valence-electron chi connectivity index (χ4n) is 1.37. The Bertz CT molecular complexity index is 490. The molecule has 1 atom stereocenters. The number of carbonyl (C=O) groups is 1. The van der Waals surface area contributed by atoms with E-state index in [2.05, 4.69) is 67.8 Å². The third-order valence-corrected chi connectivity index (χ3v) is 5.77. The topological polar surface area (TPSA) is 89.3 Å². The lowest BCUT2D eigenvalue weighted by Crippen LogP contribution is -2.45. The maximum Gasteiger partial charge on any atom is 0.323 e. The summed E-state index contributed by atoms with van der Waals surface area (Å²) in [5.74, 6) is -0.981. The number of nitrogen functional groups attached to an aromatic ring is 1. The van der Waals surface area contributed by atoms with Crippen molar-refractivity contribution in [2.45, 2.75) is 25.3 Å². The Labute approximate surface area is 147 Å². The molecule has 0 amide bonds. The van der Waals surface area contributed by atoms with E-state index in [0.29, 0.717) is 12.8 Å². The van der Waals surface area contributed by atoms with Crippen LogP contribution >= 0.6 is 67.8 Å². The molecule has 1 rings (SSSR count). The highest BCUT2D eigenvalue weighted by atomic mass is 127. The van der Waals surface area contributed by atoms with Crippen LogP contribution in [0, 0.1) is 10.7 Å². The maximum absolute atomic E-state index is 11.0. The molecule has 0 fully saturated rings. The zero-order valence-electron chi connectivity index (χ0n) is 9.64. The lowest BCUT2D eigenvalue weighted by Gasteiger charge is -2.20. The predicted octanol–water partition coefficient (Wildman–Crippen LogP) is 2.82. The molecule has 0 unspecified atom stereocenters. The van der Waals surface area contributed by atoms with E-state index in [4.69, 9.17) is 16.6 Å². The van der Waals surface area contributed by atoms with Gasteiger partial charge in [0.15, 0.2) is 0 Å². The third kappa shape index (κ3) is 3.82. The molecule has 100 valence electrons. The Hall–Kier alpha value is 0.640. The summed E-state index contributed by atoms with van der Waals surface area (Å²) >= 11 is 6.64. The number of anilines is 1. The van der Waals surface area contributed by atoms with E-state index in [-0.39, 0.29) is 0 Å². The number of hydrogen-bond donors (Lipinski definition) is 3. The monoisotopic (exact) mass is 586 g/mol. The van der Waals surface area contributed by atoms with E-state index in [1.807, 2.05) is 6.07 Å². The van der Waals surface area contributed by atoms with Gasteiger partial charge in [-0.05, 0) is 99.2 Å². The van der Waals surface area contributed by atoms with Gasteiger partial charge in [-0.2, -0.15) is 0 Å². The molecule has 18 heavy (non-hydrogen) atoms. The molecule has 1 aromatic rings. The summed E-state index contributed by atoms with van der Waals surface area (Å²) in [6, 6.07) is 2.00. The predicted molar refractivity (Wildman–Crippen MR) is 97.6 cm³/mol. The minimum Gasteiger partial charge on any atom is -0.480 e. The number of carboxylic acid groups (broad SMARTS) is 1. The second kappa shape index (κ2) is 6.39. The Kier molecular flexibility index (Phi) is 5.93. The number of nitrogens with two attached hydrogens (primary N) is 2. The fraction of sp³-hybridized carbons (Fsp3) is 0.364. The van der Waals surface area contributed by atoms with Gasteiger partial charge in [-0.15, -0.1) is 0 Å². The van der Waals surface area contributed by atoms with Crippen LogP contribution in [0.5, 0.6) is 0 Å². The first-order valence-corrected chi connectivity index (χ1v) is 8.34. The van der Waals surface area contributed by atoms with Crippen LogP contribution in [0.25, 0.3) is 0 Å². The number of hydrogen-bond acceptors (Lipinski definition) is 3. The summed E-state index contributed by atoms with van der Waals surface area (Å²) in [5.41, 5.74) is 12.3. The van der Waals surface area contributed by atoms with E-state index in [9.17, 15) is 4.79 Å². The maximum atomic E-state index is 11.0. The van der Waals surface area contributed by atoms with Crippen LogP contribution < -0.4 is 11.5 Å². The molecule has 0 aliphatic rings. The molecule has 0 bridgehead atoms. The first kappa shape index (κ1) is 16.7. The number of halogens is 3. The number of carboxylic acids is 1. The molecule has 0 saturated heterocycles. The van der Waals surface area contributed by atoms with Gasteiger partial charge < -0.3 is 16.6 Å². The normalized spacial score (nSPS) is 14.3. The first-order valence-electron chi connectivity index (χ1n) is 5.11. The summed E-state index contributed by atoms with van der Waals surface area (Å²) in [6.45, 7) is 1.53. The second-order valence-electron chi connectivity index (χ2n) is 4.27. The van der Waals surface area contributed by atoms with Gasteiger partial charge in [0, 0.05) is 10.7 Å². The summed E-state index contributed by atoms with van der Waals surface area (Å²) in [4.78, 5) is 11.0. The Morgan fingerprint density at radius 3 is 2.44 bits per heavy atom. The average Bonchev–Trinajstić information content (AvgIpc) is 2.25. The summed E-state index contributed by atoms with van der Waals surface area (Å²) in [6.07, 6.45) is 0.991. The van der Waals surface area contributed by atoms with Crippen molar-refractivity contribution in [1.82, 2.24) is 0 Å². The molecule has 0 saturated carbocycles. The molecule has 0 spiro atoms. The molecule has 7 heteroatoms. The van der Waals surface area contributed by atoms with Crippen LogP contribution in [0.4, 0.5) is 5.69 Å². The lowest BCUT2D eigenvalue weighted by molar-refractivity contribution is -0.142. The van der Waals surface area contributed by atoms with Crippen molar-refractivity contribution in [1.29, 1.82) is 0 Å². The van der Waals surface area contributed by atoms with Crippen molar-refractivity contribution >= 4 is 79.4 Å². The van der Waals surface area contributed by atoms with Gasteiger partial charge in [-0.1, -0.05) is 0 Å². The van der Waals surface area contributed by atoms with Gasteiger partial charge in [-0.25, -0.2) is 0 Å². The molecule has 0 aromatic heterocycles. The van der Waals surface area contributed by atoms with Crippen LogP contribution in [0.1, 0.15) is 18.9 Å². The van der Waals surface area contributed by atoms with Crippen molar-refractivity contribution < 1.29 is 9.90 Å². The molecule has 4 nitrogen and oxygen atoms in total. The quantitative estimate of drug-likeness (QED) is 0.375. The van der Waals surface area contributed by atoms with Crippen LogP contribution in [-0.4, -0.2) is 16.6 Å². The molecular weight excluding hydrogens is 573 g/mol. The van der Waals surface area contributed by atoms with E-state index in [1.54, 1.807) is 0 Å². The first-order chi connectivity index (χ1) is 8.16. The zero-order valence-corrected chi connectivity index (χ0v) is 16.1. The molecule has 0 aliphatic heterocycles. The van der Waals surface area contributed by atoms with Crippen molar-refractivity contribution in [3.8, 4) is 0 Å². The molecule has 5 N–H and O–H groups in total. The van der Waals surface area contributed by atoms with Gasteiger partial charge in [0.2, 0.25) is 0 Å². The highest BCUT2D eigenvalue weighted by Gasteiger charge is 2.28. The summed E-state index contributed by atoms with van der Waals surface area (Å²) in [5, 5.41) is 9.00. The fourth-order valence-corrected chi connectivity index (χ4v) is 5.28. The molecular formula is C11H13I3N2O2. The van der Waals surface area contributed by atoms with Gasteiger partial charge in [0.1, 0.15) is 5.54 Å². The SMILES string of the molecule is C[C@](N)(CCc1c(I)cc(I)c(N)c1I)C(=O)O. The summed E-state index contributed by atoms with van der Waals surface area (Å²) < 4.78 is 3.10. The minimum absolute atomic E-state index is 0.383. The van der Waals surface area contributed by atoms with Crippen molar-refractivity contribution in [2.24, 2.45) is 5.73 Å².